The van der Waals surface area contributed by atoms with Crippen molar-refractivity contribution in [1.29, 1.82) is 0 Å². The predicted molar refractivity (Wildman–Crippen MR) is 103 cm³/mol. The molecule has 2 aromatic rings. The van der Waals surface area contributed by atoms with E-state index in [0.29, 0.717) is 67.9 Å². The Balaban J connectivity index is 1.54. The van der Waals surface area contributed by atoms with E-state index in [0.717, 1.165) is 5.56 Å². The third-order valence-electron chi connectivity index (χ3n) is 5.33. The molecule has 2 aliphatic heterocycles. The second-order valence-corrected chi connectivity index (χ2v) is 7.48. The standard InChI is InChI=1S/C21H21ClFNO4/c22-17-10-14(11-18-19(17)28-9-8-27-18)20(25)24-13-21(4-6-26-7-5-21)15-2-1-3-16(23)12-15/h1-3,10-12H,4-9,13H2,(H,24,25). The first-order valence-corrected chi connectivity index (χ1v) is 9.66. The molecule has 1 N–H and O–H groups in total. The van der Waals surface area contributed by atoms with Crippen LogP contribution in [0.15, 0.2) is 36.4 Å². The smallest absolute Gasteiger partial charge is 0.251 e. The van der Waals surface area contributed by atoms with Crippen LogP contribution >= 0.6 is 11.6 Å². The van der Waals surface area contributed by atoms with Gasteiger partial charge in [0.1, 0.15) is 19.0 Å². The van der Waals surface area contributed by atoms with E-state index in [1.807, 2.05) is 6.07 Å². The molecule has 28 heavy (non-hydrogen) atoms. The Morgan fingerprint density at radius 1 is 1.11 bits per heavy atom. The topological polar surface area (TPSA) is 56.8 Å². The van der Waals surface area contributed by atoms with Gasteiger partial charge in [-0.25, -0.2) is 4.39 Å². The average molecular weight is 406 g/mol. The van der Waals surface area contributed by atoms with E-state index in [4.69, 9.17) is 25.8 Å². The average Bonchev–Trinajstić information content (AvgIpc) is 2.73. The van der Waals surface area contributed by atoms with Crippen molar-refractivity contribution < 1.29 is 23.4 Å². The molecule has 2 heterocycles. The van der Waals surface area contributed by atoms with Crippen LogP contribution in [-0.2, 0) is 10.2 Å². The van der Waals surface area contributed by atoms with Crippen molar-refractivity contribution >= 4 is 17.5 Å². The zero-order valence-corrected chi connectivity index (χ0v) is 16.1. The SMILES string of the molecule is O=C(NCC1(c2cccc(F)c2)CCOCC1)c1cc(Cl)c2c(c1)OCCO2. The second kappa shape index (κ2) is 7.97. The number of amides is 1. The lowest BCUT2D eigenvalue weighted by atomic mass is 9.74. The normalized spacial score (nSPS) is 17.8. The number of hydrogen-bond donors (Lipinski definition) is 1. The van der Waals surface area contributed by atoms with Crippen LogP contribution in [0.4, 0.5) is 4.39 Å². The number of carbonyl (C=O) groups is 1. The van der Waals surface area contributed by atoms with Gasteiger partial charge in [0.25, 0.3) is 5.91 Å². The molecule has 0 bridgehead atoms. The number of fused-ring (bicyclic) bond motifs is 1. The van der Waals surface area contributed by atoms with Crippen LogP contribution in [-0.4, -0.2) is 38.9 Å². The molecule has 0 saturated carbocycles. The molecule has 0 aromatic heterocycles. The van der Waals surface area contributed by atoms with Crippen molar-refractivity contribution in [3.63, 3.8) is 0 Å². The first-order chi connectivity index (χ1) is 13.6. The van der Waals surface area contributed by atoms with Gasteiger partial charge in [0, 0.05) is 30.7 Å². The zero-order valence-electron chi connectivity index (χ0n) is 15.3. The maximum absolute atomic E-state index is 13.8. The Kier molecular flexibility index (Phi) is 5.42. The number of hydrogen-bond acceptors (Lipinski definition) is 4. The Morgan fingerprint density at radius 3 is 2.68 bits per heavy atom. The lowest BCUT2D eigenvalue weighted by Crippen LogP contribution is -2.44. The maximum Gasteiger partial charge on any atom is 0.251 e. The Bertz CT molecular complexity index is 883. The van der Waals surface area contributed by atoms with Crippen LogP contribution < -0.4 is 14.8 Å². The summed E-state index contributed by atoms with van der Waals surface area (Å²) in [6.07, 6.45) is 1.41. The summed E-state index contributed by atoms with van der Waals surface area (Å²) in [5, 5.41) is 3.33. The van der Waals surface area contributed by atoms with E-state index in [9.17, 15) is 9.18 Å². The summed E-state index contributed by atoms with van der Waals surface area (Å²) in [6, 6.07) is 9.77. The van der Waals surface area contributed by atoms with Gasteiger partial charge in [-0.15, -0.1) is 0 Å². The van der Waals surface area contributed by atoms with Gasteiger partial charge >= 0.3 is 0 Å². The van der Waals surface area contributed by atoms with Gasteiger partial charge in [-0.05, 0) is 42.7 Å². The summed E-state index contributed by atoms with van der Waals surface area (Å²) < 4.78 is 30.3. The van der Waals surface area contributed by atoms with Gasteiger partial charge in [0.15, 0.2) is 11.5 Å². The molecule has 2 aliphatic rings. The van der Waals surface area contributed by atoms with Gasteiger partial charge < -0.3 is 19.5 Å². The highest BCUT2D eigenvalue weighted by Gasteiger charge is 2.35. The molecular weight excluding hydrogens is 385 g/mol. The van der Waals surface area contributed by atoms with Crippen LogP contribution in [0.5, 0.6) is 11.5 Å². The van der Waals surface area contributed by atoms with Crippen LogP contribution in [0, 0.1) is 5.82 Å². The van der Waals surface area contributed by atoms with Gasteiger partial charge in [-0.2, -0.15) is 0 Å². The fraction of sp³-hybridized carbons (Fsp3) is 0.381. The van der Waals surface area contributed by atoms with Gasteiger partial charge in [-0.3, -0.25) is 4.79 Å². The summed E-state index contributed by atoms with van der Waals surface area (Å²) in [5.74, 6) is 0.384. The first-order valence-electron chi connectivity index (χ1n) is 9.29. The molecule has 1 amide bonds. The largest absolute Gasteiger partial charge is 0.486 e. The van der Waals surface area contributed by atoms with Gasteiger partial charge in [0.05, 0.1) is 5.02 Å². The number of halogens is 2. The molecule has 7 heteroatoms. The fourth-order valence-electron chi connectivity index (χ4n) is 3.74. The quantitative estimate of drug-likeness (QED) is 0.842. The van der Waals surface area contributed by atoms with Crippen molar-refractivity contribution in [2.24, 2.45) is 0 Å². The second-order valence-electron chi connectivity index (χ2n) is 7.07. The molecule has 1 saturated heterocycles. The molecule has 148 valence electrons. The summed E-state index contributed by atoms with van der Waals surface area (Å²) in [6.45, 7) is 2.36. The maximum atomic E-state index is 13.8. The van der Waals surface area contributed by atoms with Crippen molar-refractivity contribution in [2.75, 3.05) is 33.0 Å². The minimum Gasteiger partial charge on any atom is -0.486 e. The number of rotatable bonds is 4. The molecule has 0 atom stereocenters. The molecule has 0 spiro atoms. The number of nitrogens with one attached hydrogen (secondary N) is 1. The van der Waals surface area contributed by atoms with E-state index in [-0.39, 0.29) is 17.1 Å². The summed E-state index contributed by atoms with van der Waals surface area (Å²) in [7, 11) is 0. The molecule has 0 radical (unpaired) electrons. The van der Waals surface area contributed by atoms with Gasteiger partial charge in [0.2, 0.25) is 0 Å². The summed E-state index contributed by atoms with van der Waals surface area (Å²) in [5.41, 5.74) is 0.903. The Morgan fingerprint density at radius 2 is 1.89 bits per heavy atom. The number of benzene rings is 2. The van der Waals surface area contributed by atoms with E-state index >= 15 is 0 Å². The number of carbonyl (C=O) groups excluding carboxylic acids is 1. The molecule has 2 aromatic carbocycles. The van der Waals surface area contributed by atoms with Crippen LogP contribution in [0.3, 0.4) is 0 Å². The highest BCUT2D eigenvalue weighted by Crippen LogP contribution is 2.39. The van der Waals surface area contributed by atoms with Crippen LogP contribution in [0.25, 0.3) is 0 Å². The monoisotopic (exact) mass is 405 g/mol. The molecule has 4 rings (SSSR count). The van der Waals surface area contributed by atoms with Crippen molar-refractivity contribution in [3.8, 4) is 11.5 Å². The molecule has 0 aliphatic carbocycles. The Hall–Kier alpha value is -2.31. The van der Waals surface area contributed by atoms with E-state index in [2.05, 4.69) is 5.32 Å². The minimum atomic E-state index is -0.367. The zero-order chi connectivity index (χ0) is 19.6. The third-order valence-corrected chi connectivity index (χ3v) is 5.61. The lowest BCUT2D eigenvalue weighted by molar-refractivity contribution is 0.0486. The van der Waals surface area contributed by atoms with Crippen LogP contribution in [0.2, 0.25) is 5.02 Å². The lowest BCUT2D eigenvalue weighted by Gasteiger charge is -2.38. The van der Waals surface area contributed by atoms with Crippen molar-refractivity contribution in [1.82, 2.24) is 5.32 Å². The number of ether oxygens (including phenoxy) is 3. The summed E-state index contributed by atoms with van der Waals surface area (Å²) >= 11 is 6.24. The van der Waals surface area contributed by atoms with E-state index < -0.39 is 0 Å². The molecular formula is C21H21ClFNO4. The highest BCUT2D eigenvalue weighted by molar-refractivity contribution is 6.32. The minimum absolute atomic E-state index is 0.263. The molecule has 0 unspecified atom stereocenters. The predicted octanol–water partition coefficient (Wildman–Crippen LogP) is 3.73. The van der Waals surface area contributed by atoms with Crippen molar-refractivity contribution in [2.45, 2.75) is 18.3 Å². The third kappa shape index (κ3) is 3.80. The van der Waals surface area contributed by atoms with Crippen molar-refractivity contribution in [3.05, 3.63) is 58.4 Å². The summed E-state index contributed by atoms with van der Waals surface area (Å²) in [4.78, 5) is 12.8. The fourth-order valence-corrected chi connectivity index (χ4v) is 4.01. The Labute approximate surface area is 167 Å². The van der Waals surface area contributed by atoms with E-state index in [1.165, 1.54) is 6.07 Å². The first kappa shape index (κ1) is 19.0. The molecule has 1 fully saturated rings. The molecule has 5 nitrogen and oxygen atoms in total. The van der Waals surface area contributed by atoms with Gasteiger partial charge in [-0.1, -0.05) is 23.7 Å². The van der Waals surface area contributed by atoms with Crippen LogP contribution in [0.1, 0.15) is 28.8 Å². The highest BCUT2D eigenvalue weighted by atomic mass is 35.5. The van der Waals surface area contributed by atoms with E-state index in [1.54, 1.807) is 24.3 Å².